The van der Waals surface area contributed by atoms with Crippen molar-refractivity contribution in [2.75, 3.05) is 44.6 Å². The molecule has 1 aliphatic heterocycles. The number of rotatable bonds is 8. The SMILES string of the molecule is Cc1onc(-c2c(F)cccc2Cl)c1C(=O)N(CCN1CCN(C(=O)Nc2cccc(C(F)(F)F)c2)CC1)Cc1ccc(F)cc1. The van der Waals surface area contributed by atoms with Crippen LogP contribution in [0.15, 0.2) is 71.3 Å². The number of alkyl halides is 3. The van der Waals surface area contributed by atoms with Gasteiger partial charge in [0.1, 0.15) is 28.7 Å². The highest BCUT2D eigenvalue weighted by molar-refractivity contribution is 6.33. The second kappa shape index (κ2) is 13.9. The van der Waals surface area contributed by atoms with Gasteiger partial charge in [-0.1, -0.05) is 41.0 Å². The van der Waals surface area contributed by atoms with Crippen molar-refractivity contribution in [1.29, 1.82) is 0 Å². The van der Waals surface area contributed by atoms with Crippen molar-refractivity contribution >= 4 is 29.2 Å². The van der Waals surface area contributed by atoms with Gasteiger partial charge in [0.05, 0.1) is 16.1 Å². The number of halogens is 6. The highest BCUT2D eigenvalue weighted by Gasteiger charge is 2.32. The van der Waals surface area contributed by atoms with Crippen LogP contribution in [0.2, 0.25) is 5.02 Å². The average molecular weight is 662 g/mol. The quantitative estimate of drug-likeness (QED) is 0.204. The van der Waals surface area contributed by atoms with Crippen molar-refractivity contribution in [3.63, 3.8) is 0 Å². The number of amides is 3. The lowest BCUT2D eigenvalue weighted by Gasteiger charge is -2.36. The maximum Gasteiger partial charge on any atom is 0.416 e. The molecule has 0 spiro atoms. The fourth-order valence-electron chi connectivity index (χ4n) is 5.15. The summed E-state index contributed by atoms with van der Waals surface area (Å²) < 4.78 is 72.9. The van der Waals surface area contributed by atoms with E-state index in [1.807, 2.05) is 4.90 Å². The Morgan fingerprint density at radius 1 is 1.00 bits per heavy atom. The van der Waals surface area contributed by atoms with Crippen LogP contribution >= 0.6 is 11.6 Å². The van der Waals surface area contributed by atoms with E-state index in [0.717, 1.165) is 12.1 Å². The van der Waals surface area contributed by atoms with E-state index in [4.69, 9.17) is 16.1 Å². The van der Waals surface area contributed by atoms with Crippen molar-refractivity contribution in [1.82, 2.24) is 19.9 Å². The van der Waals surface area contributed by atoms with E-state index in [9.17, 15) is 31.5 Å². The molecular weight excluding hydrogens is 633 g/mol. The van der Waals surface area contributed by atoms with Gasteiger partial charge in [0.2, 0.25) is 0 Å². The minimum absolute atomic E-state index is 0.0323. The van der Waals surface area contributed by atoms with Crippen LogP contribution < -0.4 is 5.32 Å². The Morgan fingerprint density at radius 2 is 1.70 bits per heavy atom. The third-order valence-corrected chi connectivity index (χ3v) is 7.95. The highest BCUT2D eigenvalue weighted by atomic mass is 35.5. The van der Waals surface area contributed by atoms with E-state index in [-0.39, 0.29) is 46.4 Å². The maximum atomic E-state index is 14.8. The summed E-state index contributed by atoms with van der Waals surface area (Å²) in [4.78, 5) is 31.9. The monoisotopic (exact) mass is 661 g/mol. The topological polar surface area (TPSA) is 81.9 Å². The molecule has 8 nitrogen and oxygen atoms in total. The summed E-state index contributed by atoms with van der Waals surface area (Å²) in [6.07, 6.45) is -4.53. The molecule has 0 aliphatic carbocycles. The molecule has 0 unspecified atom stereocenters. The van der Waals surface area contributed by atoms with E-state index in [2.05, 4.69) is 10.5 Å². The summed E-state index contributed by atoms with van der Waals surface area (Å²) >= 11 is 6.27. The lowest BCUT2D eigenvalue weighted by Crippen LogP contribution is -2.51. The molecule has 0 radical (unpaired) electrons. The Balaban J connectivity index is 1.27. The molecule has 3 amide bonds. The third-order valence-electron chi connectivity index (χ3n) is 7.64. The van der Waals surface area contributed by atoms with Gasteiger partial charge in [-0.2, -0.15) is 13.2 Å². The Morgan fingerprint density at radius 3 is 2.37 bits per heavy atom. The maximum absolute atomic E-state index is 14.8. The Hall–Kier alpha value is -4.49. The number of piperazine rings is 1. The zero-order valence-corrected chi connectivity index (χ0v) is 25.3. The number of carbonyl (C=O) groups excluding carboxylic acids is 2. The highest BCUT2D eigenvalue weighted by Crippen LogP contribution is 2.34. The van der Waals surface area contributed by atoms with Gasteiger partial charge in [-0.15, -0.1) is 0 Å². The zero-order chi connectivity index (χ0) is 33.0. The molecule has 3 aromatic carbocycles. The number of aromatic nitrogens is 1. The van der Waals surface area contributed by atoms with E-state index in [1.165, 1.54) is 59.2 Å². The molecule has 5 rings (SSSR count). The molecule has 1 fully saturated rings. The summed E-state index contributed by atoms with van der Waals surface area (Å²) in [6, 6.07) is 13.7. The molecule has 1 N–H and O–H groups in total. The van der Waals surface area contributed by atoms with Gasteiger partial charge >= 0.3 is 12.2 Å². The number of carbonyl (C=O) groups is 2. The van der Waals surface area contributed by atoms with Crippen LogP contribution in [0, 0.1) is 18.6 Å². The number of anilines is 1. The van der Waals surface area contributed by atoms with Gasteiger partial charge in [0, 0.05) is 51.5 Å². The Kier molecular flexibility index (Phi) is 9.92. The van der Waals surface area contributed by atoms with Crippen LogP contribution in [-0.2, 0) is 12.7 Å². The predicted octanol–water partition coefficient (Wildman–Crippen LogP) is 7.09. The minimum Gasteiger partial charge on any atom is -0.360 e. The lowest BCUT2D eigenvalue weighted by molar-refractivity contribution is -0.137. The third kappa shape index (κ3) is 7.65. The molecule has 1 aliphatic rings. The van der Waals surface area contributed by atoms with Crippen molar-refractivity contribution in [2.24, 2.45) is 0 Å². The smallest absolute Gasteiger partial charge is 0.360 e. The standard InChI is InChI=1S/C32H29ClF5N5O3/c1-20-27(29(40-46-20)28-25(33)6-3-7-26(28)35)30(44)43(19-21-8-10-23(34)11-9-21)17-14-41-12-15-42(16-13-41)31(45)39-24-5-2-4-22(18-24)32(36,37)38/h2-11,18H,12-17,19H2,1H3,(H,39,45). The number of hydrogen-bond acceptors (Lipinski definition) is 5. The first-order valence-electron chi connectivity index (χ1n) is 14.3. The molecule has 1 saturated heterocycles. The van der Waals surface area contributed by atoms with Crippen LogP contribution in [0.4, 0.5) is 32.4 Å². The van der Waals surface area contributed by atoms with Gasteiger partial charge in [0.15, 0.2) is 0 Å². The lowest BCUT2D eigenvalue weighted by atomic mass is 10.0. The second-order valence-corrected chi connectivity index (χ2v) is 11.2. The first-order valence-corrected chi connectivity index (χ1v) is 14.7. The largest absolute Gasteiger partial charge is 0.416 e. The van der Waals surface area contributed by atoms with Crippen molar-refractivity contribution in [2.45, 2.75) is 19.6 Å². The summed E-state index contributed by atoms with van der Waals surface area (Å²) in [6.45, 7) is 3.74. The van der Waals surface area contributed by atoms with E-state index in [0.29, 0.717) is 38.3 Å². The summed E-state index contributed by atoms with van der Waals surface area (Å²) in [5, 5.41) is 6.52. The molecular formula is C32H29ClF5N5O3. The van der Waals surface area contributed by atoms with Gasteiger partial charge < -0.3 is 19.6 Å². The van der Waals surface area contributed by atoms with Crippen LogP contribution in [0.25, 0.3) is 11.3 Å². The normalized spacial score (nSPS) is 13.9. The Labute approximate surface area is 266 Å². The molecule has 0 atom stereocenters. The van der Waals surface area contributed by atoms with Crippen molar-refractivity contribution in [3.8, 4) is 11.3 Å². The zero-order valence-electron chi connectivity index (χ0n) is 24.6. The van der Waals surface area contributed by atoms with Crippen molar-refractivity contribution < 1.29 is 36.1 Å². The fourth-order valence-corrected chi connectivity index (χ4v) is 5.40. The van der Waals surface area contributed by atoms with E-state index in [1.54, 1.807) is 12.1 Å². The number of hydrogen-bond donors (Lipinski definition) is 1. The van der Waals surface area contributed by atoms with Gasteiger partial charge in [0.25, 0.3) is 5.91 Å². The molecule has 0 saturated carbocycles. The average Bonchev–Trinajstić information content (AvgIpc) is 3.40. The summed E-state index contributed by atoms with van der Waals surface area (Å²) in [7, 11) is 0. The summed E-state index contributed by atoms with van der Waals surface area (Å²) in [5.74, 6) is -1.42. The van der Waals surface area contributed by atoms with Gasteiger partial charge in [-0.05, 0) is 55.0 Å². The number of nitrogens with one attached hydrogen (secondary N) is 1. The van der Waals surface area contributed by atoms with E-state index < -0.39 is 35.3 Å². The molecule has 4 aromatic rings. The first kappa shape index (κ1) is 32.9. The molecule has 46 heavy (non-hydrogen) atoms. The fraction of sp³-hybridized carbons (Fsp3) is 0.281. The van der Waals surface area contributed by atoms with Crippen LogP contribution in [0.5, 0.6) is 0 Å². The van der Waals surface area contributed by atoms with Gasteiger partial charge in [-0.3, -0.25) is 9.69 Å². The molecule has 242 valence electrons. The predicted molar refractivity (Wildman–Crippen MR) is 161 cm³/mol. The van der Waals surface area contributed by atoms with E-state index >= 15 is 0 Å². The first-order chi connectivity index (χ1) is 21.9. The summed E-state index contributed by atoms with van der Waals surface area (Å²) in [5.41, 5.74) is -0.214. The molecule has 0 bridgehead atoms. The van der Waals surface area contributed by atoms with Crippen LogP contribution in [0.1, 0.15) is 27.2 Å². The Bertz CT molecular complexity index is 1680. The molecule has 2 heterocycles. The number of aryl methyl sites for hydroxylation is 1. The van der Waals surface area contributed by atoms with Crippen LogP contribution in [-0.4, -0.2) is 71.1 Å². The molecule has 14 heteroatoms. The van der Waals surface area contributed by atoms with Crippen LogP contribution in [0.3, 0.4) is 0 Å². The number of benzene rings is 3. The minimum atomic E-state index is -4.53. The number of urea groups is 1. The van der Waals surface area contributed by atoms with Crippen molar-refractivity contribution in [3.05, 3.63) is 106 Å². The second-order valence-electron chi connectivity index (χ2n) is 10.7. The number of nitrogens with zero attached hydrogens (tertiary/aromatic N) is 4. The van der Waals surface area contributed by atoms with Gasteiger partial charge in [-0.25, -0.2) is 13.6 Å². The molecule has 1 aromatic heterocycles.